The van der Waals surface area contributed by atoms with Crippen molar-refractivity contribution in [1.82, 2.24) is 0 Å². The number of anilines is 1. The van der Waals surface area contributed by atoms with Gasteiger partial charge in [-0.25, -0.2) is 0 Å². The molecule has 27 heavy (non-hydrogen) atoms. The summed E-state index contributed by atoms with van der Waals surface area (Å²) in [5, 5.41) is 2.87. The molecule has 1 amide bonds. The molecular formula is C23H21NO3. The molecule has 3 aromatic rings. The van der Waals surface area contributed by atoms with Crippen molar-refractivity contribution in [2.75, 3.05) is 11.9 Å². The fourth-order valence-electron chi connectivity index (χ4n) is 2.46. The zero-order valence-corrected chi connectivity index (χ0v) is 14.9. The molecule has 0 unspecified atom stereocenters. The second kappa shape index (κ2) is 9.25. The van der Waals surface area contributed by atoms with Crippen molar-refractivity contribution in [2.45, 2.75) is 6.61 Å². The third-order valence-corrected chi connectivity index (χ3v) is 3.82. The maximum Gasteiger partial charge on any atom is 0.255 e. The minimum atomic E-state index is -0.195. The Morgan fingerprint density at radius 1 is 0.889 bits per heavy atom. The minimum Gasteiger partial charge on any atom is -0.490 e. The quantitative estimate of drug-likeness (QED) is 0.570. The number of hydrogen-bond acceptors (Lipinski definition) is 3. The number of hydrogen-bond donors (Lipinski definition) is 1. The largest absolute Gasteiger partial charge is 0.490 e. The minimum absolute atomic E-state index is 0.195. The van der Waals surface area contributed by atoms with Crippen molar-refractivity contribution >= 4 is 11.6 Å². The molecule has 1 N–H and O–H groups in total. The molecule has 3 aromatic carbocycles. The number of ether oxygens (including phenoxy) is 2. The molecule has 0 saturated heterocycles. The Bertz CT molecular complexity index is 889. The summed E-state index contributed by atoms with van der Waals surface area (Å²) in [5.74, 6) is 1.18. The molecule has 0 atom stereocenters. The van der Waals surface area contributed by atoms with E-state index >= 15 is 0 Å². The highest BCUT2D eigenvalue weighted by atomic mass is 16.5. The number of carbonyl (C=O) groups excluding carboxylic acids is 1. The van der Waals surface area contributed by atoms with Gasteiger partial charge in [0, 0.05) is 11.3 Å². The van der Waals surface area contributed by atoms with E-state index in [1.807, 2.05) is 42.5 Å². The van der Waals surface area contributed by atoms with E-state index in [1.54, 1.807) is 42.5 Å². The zero-order chi connectivity index (χ0) is 18.9. The van der Waals surface area contributed by atoms with Gasteiger partial charge in [0.15, 0.2) is 0 Å². The molecule has 3 rings (SSSR count). The summed E-state index contributed by atoms with van der Waals surface area (Å²) in [6.07, 6.45) is 1.68. The van der Waals surface area contributed by atoms with Crippen LogP contribution in [-0.2, 0) is 6.61 Å². The van der Waals surface area contributed by atoms with Crippen LogP contribution < -0.4 is 14.8 Å². The molecule has 0 aliphatic heterocycles. The van der Waals surface area contributed by atoms with Crippen molar-refractivity contribution in [3.05, 3.63) is 103 Å². The van der Waals surface area contributed by atoms with Crippen LogP contribution in [0.1, 0.15) is 15.9 Å². The van der Waals surface area contributed by atoms with Crippen LogP contribution in [0.15, 0.2) is 91.5 Å². The molecular weight excluding hydrogens is 338 g/mol. The monoisotopic (exact) mass is 359 g/mol. The standard InChI is InChI=1S/C23H21NO3/c1-2-15-26-21-13-11-20(12-14-21)24-23(25)19-9-6-10-22(16-19)27-17-18-7-4-3-5-8-18/h2-14,16H,1,15,17H2,(H,24,25). The molecule has 0 aliphatic carbocycles. The molecule has 0 heterocycles. The van der Waals surface area contributed by atoms with E-state index in [2.05, 4.69) is 11.9 Å². The maximum absolute atomic E-state index is 12.5. The van der Waals surface area contributed by atoms with Gasteiger partial charge in [0.1, 0.15) is 24.7 Å². The maximum atomic E-state index is 12.5. The lowest BCUT2D eigenvalue weighted by Crippen LogP contribution is -2.12. The van der Waals surface area contributed by atoms with Gasteiger partial charge in [-0.1, -0.05) is 49.1 Å². The van der Waals surface area contributed by atoms with Gasteiger partial charge < -0.3 is 14.8 Å². The summed E-state index contributed by atoms with van der Waals surface area (Å²) in [4.78, 5) is 12.5. The highest BCUT2D eigenvalue weighted by Gasteiger charge is 2.08. The summed E-state index contributed by atoms with van der Waals surface area (Å²) in [5.41, 5.74) is 2.31. The fourth-order valence-corrected chi connectivity index (χ4v) is 2.46. The van der Waals surface area contributed by atoms with Crippen molar-refractivity contribution in [3.63, 3.8) is 0 Å². The first-order chi connectivity index (χ1) is 13.2. The number of benzene rings is 3. The van der Waals surface area contributed by atoms with Crippen LogP contribution in [0.25, 0.3) is 0 Å². The van der Waals surface area contributed by atoms with Gasteiger partial charge >= 0.3 is 0 Å². The zero-order valence-electron chi connectivity index (χ0n) is 14.9. The lowest BCUT2D eigenvalue weighted by Gasteiger charge is -2.09. The molecule has 0 aromatic heterocycles. The van der Waals surface area contributed by atoms with E-state index < -0.39 is 0 Å². The Morgan fingerprint density at radius 2 is 1.67 bits per heavy atom. The third kappa shape index (κ3) is 5.47. The summed E-state index contributed by atoms with van der Waals surface area (Å²) < 4.78 is 11.2. The number of rotatable bonds is 8. The second-order valence-electron chi connectivity index (χ2n) is 5.88. The molecule has 4 nitrogen and oxygen atoms in total. The lowest BCUT2D eigenvalue weighted by atomic mass is 10.2. The van der Waals surface area contributed by atoms with Crippen molar-refractivity contribution in [2.24, 2.45) is 0 Å². The molecule has 0 radical (unpaired) electrons. The van der Waals surface area contributed by atoms with Crippen LogP contribution in [0, 0.1) is 0 Å². The summed E-state index contributed by atoms with van der Waals surface area (Å²) in [6.45, 7) is 4.51. The van der Waals surface area contributed by atoms with Crippen LogP contribution in [0.2, 0.25) is 0 Å². The highest BCUT2D eigenvalue weighted by Crippen LogP contribution is 2.19. The van der Waals surface area contributed by atoms with Gasteiger partial charge in [0.2, 0.25) is 0 Å². The van der Waals surface area contributed by atoms with E-state index in [9.17, 15) is 4.79 Å². The normalized spacial score (nSPS) is 10.1. The SMILES string of the molecule is C=CCOc1ccc(NC(=O)c2cccc(OCc3ccccc3)c2)cc1. The van der Waals surface area contributed by atoms with E-state index in [1.165, 1.54) is 0 Å². The fraction of sp³-hybridized carbons (Fsp3) is 0.0870. The van der Waals surface area contributed by atoms with E-state index in [0.29, 0.717) is 30.2 Å². The van der Waals surface area contributed by atoms with Crippen molar-refractivity contribution < 1.29 is 14.3 Å². The van der Waals surface area contributed by atoms with Gasteiger partial charge in [-0.15, -0.1) is 0 Å². The first-order valence-electron chi connectivity index (χ1n) is 8.66. The third-order valence-electron chi connectivity index (χ3n) is 3.82. The summed E-state index contributed by atoms with van der Waals surface area (Å²) in [6, 6.07) is 24.2. The van der Waals surface area contributed by atoms with Gasteiger partial charge in [0.05, 0.1) is 0 Å². The Labute approximate surface area is 159 Å². The smallest absolute Gasteiger partial charge is 0.255 e. The first kappa shape index (κ1) is 18.3. The Kier molecular flexibility index (Phi) is 6.26. The lowest BCUT2D eigenvalue weighted by molar-refractivity contribution is 0.102. The van der Waals surface area contributed by atoms with Gasteiger partial charge in [-0.05, 0) is 48.0 Å². The molecule has 0 fully saturated rings. The average molecular weight is 359 g/mol. The van der Waals surface area contributed by atoms with Crippen molar-refractivity contribution in [1.29, 1.82) is 0 Å². The summed E-state index contributed by atoms with van der Waals surface area (Å²) >= 11 is 0. The molecule has 0 spiro atoms. The van der Waals surface area contributed by atoms with Gasteiger partial charge in [-0.3, -0.25) is 4.79 Å². The average Bonchev–Trinajstić information content (AvgIpc) is 2.73. The van der Waals surface area contributed by atoms with Gasteiger partial charge in [0.25, 0.3) is 5.91 Å². The number of carbonyl (C=O) groups is 1. The molecule has 0 saturated carbocycles. The van der Waals surface area contributed by atoms with E-state index in [0.717, 1.165) is 11.3 Å². The number of nitrogens with one attached hydrogen (secondary N) is 1. The van der Waals surface area contributed by atoms with Crippen LogP contribution in [0.3, 0.4) is 0 Å². The Morgan fingerprint density at radius 3 is 2.41 bits per heavy atom. The molecule has 0 bridgehead atoms. The van der Waals surface area contributed by atoms with E-state index in [-0.39, 0.29) is 5.91 Å². The molecule has 4 heteroatoms. The second-order valence-corrected chi connectivity index (χ2v) is 5.88. The van der Waals surface area contributed by atoms with Crippen LogP contribution in [0.4, 0.5) is 5.69 Å². The topological polar surface area (TPSA) is 47.6 Å². The van der Waals surface area contributed by atoms with Crippen LogP contribution in [-0.4, -0.2) is 12.5 Å². The predicted molar refractivity (Wildman–Crippen MR) is 107 cm³/mol. The van der Waals surface area contributed by atoms with Gasteiger partial charge in [-0.2, -0.15) is 0 Å². The van der Waals surface area contributed by atoms with Crippen molar-refractivity contribution in [3.8, 4) is 11.5 Å². The molecule has 0 aliphatic rings. The first-order valence-corrected chi connectivity index (χ1v) is 8.66. The molecule has 136 valence electrons. The van der Waals surface area contributed by atoms with Crippen LogP contribution in [0.5, 0.6) is 11.5 Å². The summed E-state index contributed by atoms with van der Waals surface area (Å²) in [7, 11) is 0. The Hall–Kier alpha value is -3.53. The Balaban J connectivity index is 1.60. The highest BCUT2D eigenvalue weighted by molar-refractivity contribution is 6.04. The van der Waals surface area contributed by atoms with E-state index in [4.69, 9.17) is 9.47 Å². The number of amides is 1. The predicted octanol–water partition coefficient (Wildman–Crippen LogP) is 5.08. The van der Waals surface area contributed by atoms with Crippen LogP contribution >= 0.6 is 0 Å².